The van der Waals surface area contributed by atoms with Crippen LogP contribution < -0.4 is 0 Å². The first-order valence-corrected chi connectivity index (χ1v) is 10.6. The summed E-state index contributed by atoms with van der Waals surface area (Å²) >= 11 is 6.33. The molecule has 0 saturated carbocycles. The van der Waals surface area contributed by atoms with Gasteiger partial charge in [-0.2, -0.15) is 0 Å². The second kappa shape index (κ2) is 7.75. The van der Waals surface area contributed by atoms with Crippen molar-refractivity contribution < 1.29 is 9.53 Å². The van der Waals surface area contributed by atoms with Crippen molar-refractivity contribution >= 4 is 17.7 Å². The average molecular weight is 399 g/mol. The Morgan fingerprint density at radius 3 is 2.75 bits per heavy atom. The molecule has 0 N–H and O–H groups in total. The Morgan fingerprint density at radius 2 is 2.00 bits per heavy atom. The minimum absolute atomic E-state index is 0.187. The summed E-state index contributed by atoms with van der Waals surface area (Å²) in [5, 5.41) is 0.789. The van der Waals surface area contributed by atoms with Crippen LogP contribution in [0.5, 0.6) is 0 Å². The number of amides is 1. The van der Waals surface area contributed by atoms with E-state index in [-0.39, 0.29) is 11.5 Å². The fourth-order valence-electron chi connectivity index (χ4n) is 5.05. The number of aromatic nitrogens is 1. The molecular formula is C23H27ClN2O2. The molecule has 28 heavy (non-hydrogen) atoms. The fraction of sp³-hybridized carbons (Fsp3) is 0.478. The number of carbonyl (C=O) groups is 1. The first-order chi connectivity index (χ1) is 13.5. The molecule has 1 unspecified atom stereocenters. The molecule has 2 heterocycles. The summed E-state index contributed by atoms with van der Waals surface area (Å²) in [6.07, 6.45) is 5.55. The topological polar surface area (TPSA) is 42.4 Å². The van der Waals surface area contributed by atoms with E-state index >= 15 is 0 Å². The van der Waals surface area contributed by atoms with Crippen molar-refractivity contribution in [3.63, 3.8) is 0 Å². The van der Waals surface area contributed by atoms with Crippen LogP contribution in [0, 0.1) is 5.92 Å². The number of aryl methyl sites for hydroxylation is 2. The quantitative estimate of drug-likeness (QED) is 0.714. The van der Waals surface area contributed by atoms with E-state index in [1.54, 1.807) is 0 Å². The zero-order valence-electron chi connectivity index (χ0n) is 16.6. The minimum Gasteiger partial charge on any atom is -0.450 e. The van der Waals surface area contributed by atoms with Gasteiger partial charge in [0.05, 0.1) is 12.3 Å². The third kappa shape index (κ3) is 3.28. The molecule has 4 nitrogen and oxygen atoms in total. The lowest BCUT2D eigenvalue weighted by atomic mass is 9.64. The van der Waals surface area contributed by atoms with Gasteiger partial charge in [-0.1, -0.05) is 23.7 Å². The normalized spacial score (nSPS) is 22.2. The summed E-state index contributed by atoms with van der Waals surface area (Å²) in [5.74, 6) is 0.407. The number of fused-ring (bicyclic) bond motifs is 2. The Kier molecular flexibility index (Phi) is 5.33. The van der Waals surface area contributed by atoms with E-state index in [9.17, 15) is 4.79 Å². The lowest BCUT2D eigenvalue weighted by Crippen LogP contribution is -2.45. The van der Waals surface area contributed by atoms with Gasteiger partial charge in [-0.05, 0) is 80.3 Å². The number of halogens is 1. The summed E-state index contributed by atoms with van der Waals surface area (Å²) in [4.78, 5) is 18.8. The molecule has 5 heteroatoms. The maximum absolute atomic E-state index is 12.1. The van der Waals surface area contributed by atoms with E-state index in [1.807, 2.05) is 30.2 Å². The number of nitrogens with zero attached hydrogens (tertiary/aromatic N) is 2. The van der Waals surface area contributed by atoms with Crippen molar-refractivity contribution in [3.05, 3.63) is 63.9 Å². The van der Waals surface area contributed by atoms with Gasteiger partial charge in [-0.25, -0.2) is 4.79 Å². The number of rotatable bonds is 2. The summed E-state index contributed by atoms with van der Waals surface area (Å²) < 4.78 is 5.19. The largest absolute Gasteiger partial charge is 0.450 e. The number of benzene rings is 1. The second-order valence-electron chi connectivity index (χ2n) is 7.98. The Labute approximate surface area is 171 Å². The van der Waals surface area contributed by atoms with Crippen molar-refractivity contribution in [1.29, 1.82) is 0 Å². The summed E-state index contributed by atoms with van der Waals surface area (Å²) in [5.41, 5.74) is 4.98. The van der Waals surface area contributed by atoms with Crippen LogP contribution in [0.15, 0.2) is 36.5 Å². The van der Waals surface area contributed by atoms with Crippen LogP contribution in [0.1, 0.15) is 49.1 Å². The van der Waals surface area contributed by atoms with Crippen molar-refractivity contribution in [2.45, 2.75) is 44.9 Å². The van der Waals surface area contributed by atoms with E-state index in [4.69, 9.17) is 21.3 Å². The van der Waals surface area contributed by atoms with Gasteiger partial charge < -0.3 is 9.64 Å². The lowest BCUT2D eigenvalue weighted by Gasteiger charge is -2.43. The molecule has 148 valence electrons. The zero-order chi connectivity index (χ0) is 19.7. The molecule has 1 saturated heterocycles. The lowest BCUT2D eigenvalue weighted by molar-refractivity contribution is 0.0840. The van der Waals surface area contributed by atoms with Gasteiger partial charge in [0.25, 0.3) is 0 Å². The Balaban J connectivity index is 1.72. The summed E-state index contributed by atoms with van der Waals surface area (Å²) in [6, 6.07) is 10.6. The molecule has 4 rings (SSSR count). The number of piperidine rings is 1. The van der Waals surface area contributed by atoms with E-state index in [0.29, 0.717) is 12.5 Å². The predicted molar refractivity (Wildman–Crippen MR) is 111 cm³/mol. The zero-order valence-corrected chi connectivity index (χ0v) is 17.3. The van der Waals surface area contributed by atoms with E-state index in [2.05, 4.69) is 25.1 Å². The van der Waals surface area contributed by atoms with Gasteiger partial charge in [0, 0.05) is 29.7 Å². The first kappa shape index (κ1) is 19.3. The van der Waals surface area contributed by atoms with Crippen molar-refractivity contribution in [2.75, 3.05) is 19.7 Å². The molecule has 1 atom stereocenters. The Morgan fingerprint density at radius 1 is 1.25 bits per heavy atom. The van der Waals surface area contributed by atoms with Crippen molar-refractivity contribution in [1.82, 2.24) is 9.88 Å². The van der Waals surface area contributed by atoms with Gasteiger partial charge in [-0.15, -0.1) is 0 Å². The van der Waals surface area contributed by atoms with E-state index < -0.39 is 0 Å². The van der Waals surface area contributed by atoms with Crippen LogP contribution in [-0.4, -0.2) is 35.7 Å². The minimum atomic E-state index is -0.197. The monoisotopic (exact) mass is 398 g/mol. The molecule has 0 spiro atoms. The highest BCUT2D eigenvalue weighted by Crippen LogP contribution is 2.47. The van der Waals surface area contributed by atoms with E-state index in [1.165, 1.54) is 22.4 Å². The van der Waals surface area contributed by atoms with Gasteiger partial charge in [0.1, 0.15) is 0 Å². The third-order valence-electron chi connectivity index (χ3n) is 6.51. The molecule has 1 fully saturated rings. The summed E-state index contributed by atoms with van der Waals surface area (Å²) in [6.45, 7) is 6.06. The highest BCUT2D eigenvalue weighted by Gasteiger charge is 2.44. The molecule has 1 aliphatic carbocycles. The second-order valence-corrected chi connectivity index (χ2v) is 8.41. The van der Waals surface area contributed by atoms with Crippen LogP contribution in [-0.2, 0) is 23.0 Å². The number of carbonyl (C=O) groups excluding carboxylic acids is 1. The molecule has 1 amide bonds. The summed E-state index contributed by atoms with van der Waals surface area (Å²) in [7, 11) is 0. The van der Waals surface area contributed by atoms with Gasteiger partial charge in [0.2, 0.25) is 0 Å². The standard InChI is InChI=1S/C23H27ClN2O2/c1-3-28-22(27)26-13-10-18(11-14-26)23(2)20-9-8-19(24)15-17(20)7-6-16-5-4-12-25-21(16)23/h4-5,8-9,12,15,18H,3,6-7,10-11,13-14H2,1-2H3. The van der Waals surface area contributed by atoms with Crippen molar-refractivity contribution in [3.8, 4) is 0 Å². The number of hydrogen-bond donors (Lipinski definition) is 0. The molecule has 2 aromatic rings. The SMILES string of the molecule is CCOC(=O)N1CCC(C2(C)c3ccc(Cl)cc3CCc3cccnc32)CC1. The number of ether oxygens (including phenoxy) is 1. The molecular weight excluding hydrogens is 372 g/mol. The Bertz CT molecular complexity index is 877. The maximum atomic E-state index is 12.1. The molecule has 1 aromatic heterocycles. The van der Waals surface area contributed by atoms with Gasteiger partial charge in [-0.3, -0.25) is 4.98 Å². The third-order valence-corrected chi connectivity index (χ3v) is 6.75. The van der Waals surface area contributed by atoms with Crippen molar-refractivity contribution in [2.24, 2.45) is 5.92 Å². The fourth-order valence-corrected chi connectivity index (χ4v) is 5.24. The van der Waals surface area contributed by atoms with Gasteiger partial charge in [0.15, 0.2) is 0 Å². The average Bonchev–Trinajstić information content (AvgIpc) is 2.84. The number of hydrogen-bond acceptors (Lipinski definition) is 3. The highest BCUT2D eigenvalue weighted by atomic mass is 35.5. The maximum Gasteiger partial charge on any atom is 0.409 e. The predicted octanol–water partition coefficient (Wildman–Crippen LogP) is 5.01. The van der Waals surface area contributed by atoms with Crippen LogP contribution in [0.4, 0.5) is 4.79 Å². The number of pyridine rings is 1. The van der Waals surface area contributed by atoms with Gasteiger partial charge >= 0.3 is 6.09 Å². The molecule has 0 radical (unpaired) electrons. The van der Waals surface area contributed by atoms with Crippen LogP contribution >= 0.6 is 11.6 Å². The molecule has 1 aliphatic heterocycles. The first-order valence-electron chi connectivity index (χ1n) is 10.2. The molecule has 1 aromatic carbocycles. The highest BCUT2D eigenvalue weighted by molar-refractivity contribution is 6.30. The molecule has 2 aliphatic rings. The van der Waals surface area contributed by atoms with Crippen LogP contribution in [0.2, 0.25) is 5.02 Å². The molecule has 0 bridgehead atoms. The van der Waals surface area contributed by atoms with E-state index in [0.717, 1.165) is 43.8 Å². The van der Waals surface area contributed by atoms with Crippen LogP contribution in [0.3, 0.4) is 0 Å². The Hall–Kier alpha value is -2.07. The smallest absolute Gasteiger partial charge is 0.409 e. The van der Waals surface area contributed by atoms with Crippen LogP contribution in [0.25, 0.3) is 0 Å². The number of likely N-dealkylation sites (tertiary alicyclic amines) is 1.